The number of halogens is 3. The summed E-state index contributed by atoms with van der Waals surface area (Å²) in [5.41, 5.74) is 0.828. The fourth-order valence-electron chi connectivity index (χ4n) is 2.29. The van der Waals surface area contributed by atoms with Crippen LogP contribution in [-0.4, -0.2) is 39.1 Å². The molecule has 0 saturated carbocycles. The number of carbonyl (C=O) groups is 2. The molecule has 2 aromatic rings. The molecule has 0 aliphatic carbocycles. The number of benzene rings is 2. The van der Waals surface area contributed by atoms with Gasteiger partial charge in [-0.15, -0.1) is 13.2 Å². The Morgan fingerprint density at radius 1 is 0.966 bits per heavy atom. The van der Waals surface area contributed by atoms with Gasteiger partial charge >= 0.3 is 12.3 Å². The van der Waals surface area contributed by atoms with Gasteiger partial charge in [-0.25, -0.2) is 0 Å². The van der Waals surface area contributed by atoms with E-state index in [4.69, 9.17) is 14.2 Å². The first-order valence-corrected chi connectivity index (χ1v) is 8.22. The molecule has 0 unspecified atom stereocenters. The number of alkyl halides is 3. The number of hydrogen-bond acceptors (Lipinski definition) is 6. The molecular weight excluding hydrogens is 395 g/mol. The van der Waals surface area contributed by atoms with Gasteiger partial charge in [0.15, 0.2) is 18.1 Å². The van der Waals surface area contributed by atoms with Gasteiger partial charge in [0.25, 0.3) is 5.91 Å². The van der Waals surface area contributed by atoms with Gasteiger partial charge in [-0.3, -0.25) is 9.59 Å². The molecule has 0 fully saturated rings. The molecule has 0 atom stereocenters. The lowest BCUT2D eigenvalue weighted by atomic mass is 10.1. The molecule has 0 spiro atoms. The normalized spacial score (nSPS) is 10.8. The molecule has 0 aliphatic heterocycles. The molecule has 0 aromatic heterocycles. The third-order valence-corrected chi connectivity index (χ3v) is 3.53. The van der Waals surface area contributed by atoms with Crippen molar-refractivity contribution in [2.75, 3.05) is 26.1 Å². The van der Waals surface area contributed by atoms with E-state index in [-0.39, 0.29) is 12.1 Å². The number of rotatable bonds is 8. The van der Waals surface area contributed by atoms with Gasteiger partial charge < -0.3 is 24.3 Å². The summed E-state index contributed by atoms with van der Waals surface area (Å²) in [5.74, 6) is -0.738. The number of hydrogen-bond donors (Lipinski definition) is 1. The summed E-state index contributed by atoms with van der Waals surface area (Å²) < 4.78 is 55.2. The molecule has 29 heavy (non-hydrogen) atoms. The van der Waals surface area contributed by atoms with Crippen molar-refractivity contribution in [2.45, 2.75) is 12.8 Å². The SMILES string of the molecule is COc1ccc(CC(=O)OCC(=O)Nc2ccc(OC(F)(F)F)cc2)cc1OC. The predicted octanol–water partition coefficient (Wildman–Crippen LogP) is 3.33. The van der Waals surface area contributed by atoms with Crippen LogP contribution in [0.15, 0.2) is 42.5 Å². The van der Waals surface area contributed by atoms with Gasteiger partial charge in [-0.05, 0) is 42.0 Å². The van der Waals surface area contributed by atoms with E-state index in [9.17, 15) is 22.8 Å². The van der Waals surface area contributed by atoms with E-state index in [0.29, 0.717) is 17.1 Å². The smallest absolute Gasteiger partial charge is 0.493 e. The van der Waals surface area contributed by atoms with E-state index in [2.05, 4.69) is 10.1 Å². The zero-order valence-electron chi connectivity index (χ0n) is 15.5. The second kappa shape index (κ2) is 9.67. The van der Waals surface area contributed by atoms with Crippen LogP contribution < -0.4 is 19.5 Å². The maximum Gasteiger partial charge on any atom is 0.573 e. The van der Waals surface area contributed by atoms with Crippen LogP contribution in [0.1, 0.15) is 5.56 Å². The Morgan fingerprint density at radius 2 is 1.62 bits per heavy atom. The number of ether oxygens (including phenoxy) is 4. The maximum absolute atomic E-state index is 12.1. The third kappa shape index (κ3) is 7.24. The summed E-state index contributed by atoms with van der Waals surface area (Å²) in [4.78, 5) is 23.7. The minimum atomic E-state index is -4.80. The first-order chi connectivity index (χ1) is 13.7. The second-order valence-corrected chi connectivity index (χ2v) is 5.65. The molecule has 2 rings (SSSR count). The third-order valence-electron chi connectivity index (χ3n) is 3.53. The summed E-state index contributed by atoms with van der Waals surface area (Å²) in [7, 11) is 2.95. The number of nitrogens with one attached hydrogen (secondary N) is 1. The molecule has 0 radical (unpaired) electrons. The Hall–Kier alpha value is -3.43. The molecule has 1 amide bonds. The highest BCUT2D eigenvalue weighted by molar-refractivity contribution is 5.92. The molecule has 7 nitrogen and oxygen atoms in total. The molecule has 10 heteroatoms. The van der Waals surface area contributed by atoms with Crippen molar-refractivity contribution in [1.82, 2.24) is 0 Å². The minimum Gasteiger partial charge on any atom is -0.493 e. The van der Waals surface area contributed by atoms with Crippen LogP contribution in [0.2, 0.25) is 0 Å². The quantitative estimate of drug-likeness (QED) is 0.669. The molecular formula is C19H18F3NO6. The minimum absolute atomic E-state index is 0.0862. The number of anilines is 1. The zero-order valence-corrected chi connectivity index (χ0v) is 15.5. The van der Waals surface area contributed by atoms with E-state index in [1.807, 2.05) is 0 Å². The van der Waals surface area contributed by atoms with E-state index in [1.54, 1.807) is 18.2 Å². The lowest BCUT2D eigenvalue weighted by Gasteiger charge is -2.11. The van der Waals surface area contributed by atoms with Gasteiger partial charge in [0.1, 0.15) is 5.75 Å². The molecule has 0 aliphatic rings. The van der Waals surface area contributed by atoms with Crippen LogP contribution in [0.3, 0.4) is 0 Å². The van der Waals surface area contributed by atoms with Gasteiger partial charge in [0.05, 0.1) is 20.6 Å². The number of methoxy groups -OCH3 is 2. The van der Waals surface area contributed by atoms with Gasteiger partial charge in [0.2, 0.25) is 0 Å². The van der Waals surface area contributed by atoms with E-state index < -0.39 is 30.6 Å². The summed E-state index contributed by atoms with van der Waals surface area (Å²) in [6, 6.07) is 9.46. The molecule has 1 N–H and O–H groups in total. The van der Waals surface area contributed by atoms with Crippen molar-refractivity contribution in [3.8, 4) is 17.2 Å². The summed E-state index contributed by atoms with van der Waals surface area (Å²) in [6.07, 6.45) is -4.88. The fraction of sp³-hybridized carbons (Fsp3) is 0.263. The zero-order chi connectivity index (χ0) is 21.4. The topological polar surface area (TPSA) is 83.1 Å². The van der Waals surface area contributed by atoms with Crippen molar-refractivity contribution >= 4 is 17.6 Å². The van der Waals surface area contributed by atoms with Crippen molar-refractivity contribution in [3.63, 3.8) is 0 Å². The molecule has 2 aromatic carbocycles. The average molecular weight is 413 g/mol. The van der Waals surface area contributed by atoms with Crippen LogP contribution in [-0.2, 0) is 20.7 Å². The lowest BCUT2D eigenvalue weighted by molar-refractivity contribution is -0.274. The first kappa shape index (κ1) is 21.9. The Kier molecular flexibility index (Phi) is 7.29. The monoisotopic (exact) mass is 413 g/mol. The van der Waals surface area contributed by atoms with Crippen molar-refractivity contribution in [3.05, 3.63) is 48.0 Å². The predicted molar refractivity (Wildman–Crippen MR) is 96.0 cm³/mol. The summed E-state index contributed by atoms with van der Waals surface area (Å²) in [6.45, 7) is -0.549. The van der Waals surface area contributed by atoms with Crippen molar-refractivity contribution < 1.29 is 41.7 Å². The van der Waals surface area contributed by atoms with Crippen molar-refractivity contribution in [2.24, 2.45) is 0 Å². The standard InChI is InChI=1S/C19H18F3NO6/c1-26-15-8-3-12(9-16(15)27-2)10-18(25)28-11-17(24)23-13-4-6-14(7-5-13)29-19(20,21)22/h3-9H,10-11H2,1-2H3,(H,23,24). The first-order valence-electron chi connectivity index (χ1n) is 8.22. The highest BCUT2D eigenvalue weighted by Crippen LogP contribution is 2.28. The van der Waals surface area contributed by atoms with Crippen LogP contribution in [0.25, 0.3) is 0 Å². The Labute approximate surface area is 164 Å². The van der Waals surface area contributed by atoms with Gasteiger partial charge in [-0.1, -0.05) is 6.07 Å². The van der Waals surface area contributed by atoms with Crippen LogP contribution in [0.4, 0.5) is 18.9 Å². The summed E-state index contributed by atoms with van der Waals surface area (Å²) >= 11 is 0. The van der Waals surface area contributed by atoms with E-state index >= 15 is 0 Å². The van der Waals surface area contributed by atoms with Crippen molar-refractivity contribution in [1.29, 1.82) is 0 Å². The van der Waals surface area contributed by atoms with Crippen LogP contribution in [0, 0.1) is 0 Å². The fourth-order valence-corrected chi connectivity index (χ4v) is 2.29. The largest absolute Gasteiger partial charge is 0.573 e. The number of esters is 1. The van der Waals surface area contributed by atoms with Gasteiger partial charge in [-0.2, -0.15) is 0 Å². The Balaban J connectivity index is 1.82. The lowest BCUT2D eigenvalue weighted by Crippen LogP contribution is -2.21. The van der Waals surface area contributed by atoms with Crippen LogP contribution in [0.5, 0.6) is 17.2 Å². The Morgan fingerprint density at radius 3 is 2.21 bits per heavy atom. The number of amides is 1. The highest BCUT2D eigenvalue weighted by atomic mass is 19.4. The van der Waals surface area contributed by atoms with Crippen LogP contribution >= 0.6 is 0 Å². The van der Waals surface area contributed by atoms with Gasteiger partial charge in [0, 0.05) is 5.69 Å². The Bertz CT molecular complexity index is 852. The summed E-state index contributed by atoms with van der Waals surface area (Å²) in [5, 5.41) is 2.40. The van der Waals surface area contributed by atoms with E-state index in [0.717, 1.165) is 12.1 Å². The highest BCUT2D eigenvalue weighted by Gasteiger charge is 2.30. The molecule has 156 valence electrons. The average Bonchev–Trinajstić information content (AvgIpc) is 2.66. The molecule has 0 heterocycles. The van der Waals surface area contributed by atoms with E-state index in [1.165, 1.54) is 26.4 Å². The maximum atomic E-state index is 12.1. The molecule has 0 bridgehead atoms. The number of carbonyl (C=O) groups excluding carboxylic acids is 2. The second-order valence-electron chi connectivity index (χ2n) is 5.65. The molecule has 0 saturated heterocycles.